The van der Waals surface area contributed by atoms with Crippen molar-refractivity contribution in [2.75, 3.05) is 0 Å². The molecule has 2 rings (SSSR count). The first kappa shape index (κ1) is 13.4. The molecule has 1 heterocycles. The van der Waals surface area contributed by atoms with Crippen LogP contribution in [0.1, 0.15) is 22.6 Å². The molecular weight excluding hydrogens is 319 g/mol. The van der Waals surface area contributed by atoms with Crippen molar-refractivity contribution in [3.05, 3.63) is 57.9 Å². The van der Waals surface area contributed by atoms with Crippen LogP contribution in [0.5, 0.6) is 0 Å². The highest BCUT2D eigenvalue weighted by Gasteiger charge is 2.07. The molecule has 0 atom stereocenters. The number of halogens is 3. The maximum Gasteiger partial charge on any atom is 0.133 e. The van der Waals surface area contributed by atoms with E-state index < -0.39 is 0 Å². The van der Waals surface area contributed by atoms with E-state index in [1.165, 1.54) is 12.1 Å². The van der Waals surface area contributed by atoms with Gasteiger partial charge in [-0.1, -0.05) is 33.6 Å². The van der Waals surface area contributed by atoms with Crippen LogP contribution in [0.3, 0.4) is 0 Å². The van der Waals surface area contributed by atoms with E-state index in [1.807, 2.05) is 6.92 Å². The molecule has 0 fully saturated rings. The van der Waals surface area contributed by atoms with Crippen molar-refractivity contribution in [2.45, 2.75) is 18.7 Å². The molecule has 2 aromatic rings. The molecule has 0 N–H and O–H groups in total. The average molecular weight is 330 g/mol. The molecule has 18 heavy (non-hydrogen) atoms. The number of rotatable bonds is 3. The summed E-state index contributed by atoms with van der Waals surface area (Å²) in [5.74, 6) is 0.346. The van der Waals surface area contributed by atoms with Gasteiger partial charge in [-0.2, -0.15) is 0 Å². The Hall–Kier alpha value is -1.00. The number of aromatic nitrogens is 2. The largest absolute Gasteiger partial charge is 0.241 e. The first-order valence-electron chi connectivity index (χ1n) is 5.41. The van der Waals surface area contributed by atoms with Gasteiger partial charge >= 0.3 is 0 Å². The topological polar surface area (TPSA) is 25.8 Å². The Morgan fingerprint density at radius 3 is 2.83 bits per heavy atom. The highest BCUT2D eigenvalue weighted by Crippen LogP contribution is 2.20. The van der Waals surface area contributed by atoms with Crippen molar-refractivity contribution < 1.29 is 4.39 Å². The molecule has 0 aliphatic carbocycles. The second kappa shape index (κ2) is 5.76. The second-order valence-corrected chi connectivity index (χ2v) is 4.93. The van der Waals surface area contributed by atoms with Crippen LogP contribution in [0.4, 0.5) is 4.39 Å². The van der Waals surface area contributed by atoms with Gasteiger partial charge in [0.25, 0.3) is 0 Å². The standard InChI is InChI=1S/C13H11BrClFN2/c1-8-7-17-13(18-12(8)6-14)4-9-2-3-10(16)5-11(9)15/h2-3,5,7H,4,6H2,1H3. The van der Waals surface area contributed by atoms with Crippen LogP contribution < -0.4 is 0 Å². The Labute approximate surface area is 118 Å². The predicted octanol–water partition coefficient (Wildman–Crippen LogP) is 4.06. The normalized spacial score (nSPS) is 10.7. The predicted molar refractivity (Wildman–Crippen MR) is 73.6 cm³/mol. The Morgan fingerprint density at radius 2 is 2.17 bits per heavy atom. The summed E-state index contributed by atoms with van der Waals surface area (Å²) < 4.78 is 12.9. The van der Waals surface area contributed by atoms with E-state index in [2.05, 4.69) is 25.9 Å². The number of aryl methyl sites for hydroxylation is 1. The Bertz CT molecular complexity index is 575. The Morgan fingerprint density at radius 1 is 1.39 bits per heavy atom. The summed E-state index contributed by atoms with van der Waals surface area (Å²) in [6.45, 7) is 1.96. The highest BCUT2D eigenvalue weighted by molar-refractivity contribution is 9.08. The summed E-state index contributed by atoms with van der Waals surface area (Å²) in [6.07, 6.45) is 2.29. The van der Waals surface area contributed by atoms with Gasteiger partial charge < -0.3 is 0 Å². The molecule has 94 valence electrons. The van der Waals surface area contributed by atoms with Crippen LogP contribution in [-0.4, -0.2) is 9.97 Å². The fraction of sp³-hybridized carbons (Fsp3) is 0.231. The third kappa shape index (κ3) is 3.06. The molecule has 0 saturated heterocycles. The van der Waals surface area contributed by atoms with Gasteiger partial charge in [-0.3, -0.25) is 0 Å². The van der Waals surface area contributed by atoms with Gasteiger partial charge in [-0.15, -0.1) is 0 Å². The number of alkyl halides is 1. The second-order valence-electron chi connectivity index (χ2n) is 3.96. The summed E-state index contributed by atoms with van der Waals surface area (Å²) in [7, 11) is 0. The molecule has 0 saturated carbocycles. The van der Waals surface area contributed by atoms with Gasteiger partial charge in [-0.05, 0) is 30.2 Å². The summed E-state index contributed by atoms with van der Waals surface area (Å²) >= 11 is 9.37. The van der Waals surface area contributed by atoms with E-state index in [0.29, 0.717) is 22.6 Å². The minimum absolute atomic E-state index is 0.338. The Balaban J connectivity index is 2.28. The van der Waals surface area contributed by atoms with Crippen LogP contribution in [-0.2, 0) is 11.8 Å². The summed E-state index contributed by atoms with van der Waals surface area (Å²) in [5, 5.41) is 1.09. The van der Waals surface area contributed by atoms with E-state index in [4.69, 9.17) is 11.6 Å². The number of nitrogens with zero attached hydrogens (tertiary/aromatic N) is 2. The number of hydrogen-bond donors (Lipinski definition) is 0. The van der Waals surface area contributed by atoms with Gasteiger partial charge in [0, 0.05) is 23.0 Å². The third-order valence-corrected chi connectivity index (χ3v) is 3.50. The summed E-state index contributed by atoms with van der Waals surface area (Å²) in [6, 6.07) is 4.35. The van der Waals surface area contributed by atoms with Crippen molar-refractivity contribution in [3.63, 3.8) is 0 Å². The Kier molecular flexibility index (Phi) is 4.30. The van der Waals surface area contributed by atoms with Gasteiger partial charge in [-0.25, -0.2) is 14.4 Å². The zero-order valence-electron chi connectivity index (χ0n) is 9.75. The average Bonchev–Trinajstić information content (AvgIpc) is 2.35. The van der Waals surface area contributed by atoms with E-state index in [0.717, 1.165) is 16.8 Å². The van der Waals surface area contributed by atoms with Crippen molar-refractivity contribution in [2.24, 2.45) is 0 Å². The minimum atomic E-state index is -0.338. The molecule has 0 unspecified atom stereocenters. The van der Waals surface area contributed by atoms with Gasteiger partial charge in [0.1, 0.15) is 11.6 Å². The van der Waals surface area contributed by atoms with Crippen molar-refractivity contribution in [1.82, 2.24) is 9.97 Å². The lowest BCUT2D eigenvalue weighted by molar-refractivity contribution is 0.627. The van der Waals surface area contributed by atoms with E-state index >= 15 is 0 Å². The maximum atomic E-state index is 12.9. The van der Waals surface area contributed by atoms with E-state index in [-0.39, 0.29) is 5.82 Å². The number of hydrogen-bond acceptors (Lipinski definition) is 2. The molecule has 5 heteroatoms. The smallest absolute Gasteiger partial charge is 0.133 e. The van der Waals surface area contributed by atoms with Crippen LogP contribution >= 0.6 is 27.5 Å². The van der Waals surface area contributed by atoms with Crippen LogP contribution in [0.25, 0.3) is 0 Å². The molecular formula is C13H11BrClFN2. The fourth-order valence-corrected chi connectivity index (χ4v) is 2.38. The monoisotopic (exact) mass is 328 g/mol. The summed E-state index contributed by atoms with van der Waals surface area (Å²) in [5.41, 5.74) is 2.82. The highest BCUT2D eigenvalue weighted by atomic mass is 79.9. The van der Waals surface area contributed by atoms with Crippen molar-refractivity contribution in [1.29, 1.82) is 0 Å². The van der Waals surface area contributed by atoms with E-state index in [9.17, 15) is 4.39 Å². The first-order chi connectivity index (χ1) is 8.60. The minimum Gasteiger partial charge on any atom is -0.241 e. The van der Waals surface area contributed by atoms with Gasteiger partial charge in [0.05, 0.1) is 5.69 Å². The van der Waals surface area contributed by atoms with Crippen molar-refractivity contribution >= 4 is 27.5 Å². The van der Waals surface area contributed by atoms with Gasteiger partial charge in [0.15, 0.2) is 0 Å². The molecule has 1 aromatic carbocycles. The molecule has 0 aliphatic heterocycles. The van der Waals surface area contributed by atoms with Crippen molar-refractivity contribution in [3.8, 4) is 0 Å². The SMILES string of the molecule is Cc1cnc(Cc2ccc(F)cc2Cl)nc1CBr. The molecule has 2 nitrogen and oxygen atoms in total. The molecule has 0 aliphatic rings. The zero-order valence-corrected chi connectivity index (χ0v) is 12.1. The third-order valence-electron chi connectivity index (χ3n) is 2.62. The molecule has 0 amide bonds. The maximum absolute atomic E-state index is 12.9. The van der Waals surface area contributed by atoms with Crippen LogP contribution in [0.2, 0.25) is 5.02 Å². The van der Waals surface area contributed by atoms with Crippen LogP contribution in [0, 0.1) is 12.7 Å². The fourth-order valence-electron chi connectivity index (χ4n) is 1.57. The lowest BCUT2D eigenvalue weighted by atomic mass is 10.1. The number of benzene rings is 1. The lowest BCUT2D eigenvalue weighted by Gasteiger charge is -2.06. The zero-order chi connectivity index (χ0) is 13.1. The molecule has 0 spiro atoms. The lowest BCUT2D eigenvalue weighted by Crippen LogP contribution is -2.02. The molecule has 1 aromatic heterocycles. The molecule has 0 radical (unpaired) electrons. The van der Waals surface area contributed by atoms with E-state index in [1.54, 1.807) is 12.3 Å². The van der Waals surface area contributed by atoms with Crippen LogP contribution in [0.15, 0.2) is 24.4 Å². The first-order valence-corrected chi connectivity index (χ1v) is 6.91. The quantitative estimate of drug-likeness (QED) is 0.794. The molecule has 0 bridgehead atoms. The summed E-state index contributed by atoms with van der Waals surface area (Å²) in [4.78, 5) is 8.70. The van der Waals surface area contributed by atoms with Gasteiger partial charge in [0.2, 0.25) is 0 Å².